The second-order valence-corrected chi connectivity index (χ2v) is 1.92. The molecule has 0 heterocycles. The van der Waals surface area contributed by atoms with Gasteiger partial charge in [0, 0.05) is 12.5 Å². The fourth-order valence-electron chi connectivity index (χ4n) is 0.277. The summed E-state index contributed by atoms with van der Waals surface area (Å²) in [4.78, 5) is 9.94. The third-order valence-corrected chi connectivity index (χ3v) is 0.822. The van der Waals surface area contributed by atoms with Crippen molar-refractivity contribution in [2.45, 2.75) is 6.92 Å². The Hall–Kier alpha value is -0.770. The van der Waals surface area contributed by atoms with Gasteiger partial charge in [0.05, 0.1) is 6.61 Å². The Kier molecular flexibility index (Phi) is 3.79. The molecule has 0 saturated carbocycles. The van der Waals surface area contributed by atoms with Gasteiger partial charge in [-0.25, -0.2) is 4.79 Å². The molecule has 0 aliphatic heterocycles. The summed E-state index contributed by atoms with van der Waals surface area (Å²) in [6.07, 6.45) is -0.796. The van der Waals surface area contributed by atoms with Gasteiger partial charge in [0.25, 0.3) is 0 Å². The maximum Gasteiger partial charge on any atom is 0.404 e. The van der Waals surface area contributed by atoms with Crippen LogP contribution in [0.3, 0.4) is 0 Å². The van der Waals surface area contributed by atoms with E-state index in [9.17, 15) is 4.79 Å². The van der Waals surface area contributed by atoms with Gasteiger partial charge >= 0.3 is 6.09 Å². The number of nitrogens with two attached hydrogens (primary N) is 1. The number of primary amides is 1. The molecule has 0 aromatic carbocycles. The molecule has 3 N–H and O–H groups in total. The van der Waals surface area contributed by atoms with Crippen molar-refractivity contribution in [2.24, 2.45) is 11.7 Å². The third-order valence-electron chi connectivity index (χ3n) is 0.822. The van der Waals surface area contributed by atoms with E-state index in [2.05, 4.69) is 10.5 Å². The predicted octanol–water partition coefficient (Wildman–Crippen LogP) is -0.290. The van der Waals surface area contributed by atoms with Gasteiger partial charge < -0.3 is 15.6 Å². The highest BCUT2D eigenvalue weighted by atomic mass is 16.5. The van der Waals surface area contributed by atoms with Crippen molar-refractivity contribution in [3.8, 4) is 0 Å². The molecule has 0 aliphatic carbocycles. The Morgan fingerprint density at radius 1 is 1.89 bits per heavy atom. The first-order valence-corrected chi connectivity index (χ1v) is 2.70. The highest BCUT2D eigenvalue weighted by molar-refractivity contribution is 5.64. The SMILES string of the molecule is C[C@H](CO)COC(N)=O. The molecule has 0 bridgehead atoms. The summed E-state index contributed by atoms with van der Waals surface area (Å²) in [5.41, 5.74) is 4.65. The monoisotopic (exact) mass is 133 g/mol. The van der Waals surface area contributed by atoms with E-state index in [-0.39, 0.29) is 19.1 Å². The van der Waals surface area contributed by atoms with Gasteiger partial charge in [-0.1, -0.05) is 6.92 Å². The molecule has 1 atom stereocenters. The predicted molar refractivity (Wildman–Crippen MR) is 31.8 cm³/mol. The van der Waals surface area contributed by atoms with Crippen LogP contribution in [0.2, 0.25) is 0 Å². The highest BCUT2D eigenvalue weighted by Crippen LogP contribution is 1.91. The van der Waals surface area contributed by atoms with Crippen molar-refractivity contribution in [3.63, 3.8) is 0 Å². The van der Waals surface area contributed by atoms with Crippen LogP contribution in [0.5, 0.6) is 0 Å². The summed E-state index contributed by atoms with van der Waals surface area (Å²) >= 11 is 0. The Balaban J connectivity index is 3.16. The molecule has 4 heteroatoms. The largest absolute Gasteiger partial charge is 0.449 e. The van der Waals surface area contributed by atoms with Crippen molar-refractivity contribution in [1.82, 2.24) is 0 Å². The quantitative estimate of drug-likeness (QED) is 0.555. The number of hydrogen-bond donors (Lipinski definition) is 2. The fourth-order valence-corrected chi connectivity index (χ4v) is 0.277. The lowest BCUT2D eigenvalue weighted by molar-refractivity contribution is 0.117. The van der Waals surface area contributed by atoms with Crippen LogP contribution in [0.1, 0.15) is 6.92 Å². The van der Waals surface area contributed by atoms with Crippen molar-refractivity contribution in [2.75, 3.05) is 13.2 Å². The Bertz CT molecular complexity index is 94.2. The number of amides is 1. The lowest BCUT2D eigenvalue weighted by Crippen LogP contribution is -2.18. The van der Waals surface area contributed by atoms with Crippen LogP contribution < -0.4 is 5.73 Å². The third kappa shape index (κ3) is 5.10. The van der Waals surface area contributed by atoms with Gasteiger partial charge in [-0.05, 0) is 0 Å². The molecule has 0 unspecified atom stereocenters. The maximum absolute atomic E-state index is 9.94. The highest BCUT2D eigenvalue weighted by Gasteiger charge is 2.00. The van der Waals surface area contributed by atoms with Crippen LogP contribution in [0, 0.1) is 5.92 Å². The summed E-state index contributed by atoms with van der Waals surface area (Å²) in [6.45, 7) is 1.95. The Labute approximate surface area is 53.6 Å². The minimum atomic E-state index is -0.796. The molecule has 0 aliphatic rings. The first kappa shape index (κ1) is 8.23. The van der Waals surface area contributed by atoms with Gasteiger partial charge in [-0.2, -0.15) is 0 Å². The zero-order valence-corrected chi connectivity index (χ0v) is 5.33. The summed E-state index contributed by atoms with van der Waals surface area (Å²) in [5, 5.41) is 8.42. The smallest absolute Gasteiger partial charge is 0.404 e. The van der Waals surface area contributed by atoms with E-state index >= 15 is 0 Å². The molecule has 0 rings (SSSR count). The summed E-state index contributed by atoms with van der Waals surface area (Å²) in [6, 6.07) is 0. The maximum atomic E-state index is 9.94. The molecular weight excluding hydrogens is 122 g/mol. The number of hydrogen-bond acceptors (Lipinski definition) is 3. The molecule has 9 heavy (non-hydrogen) atoms. The van der Waals surface area contributed by atoms with Crippen molar-refractivity contribution < 1.29 is 14.6 Å². The average molecular weight is 133 g/mol. The van der Waals surface area contributed by atoms with E-state index in [1.807, 2.05) is 0 Å². The first-order chi connectivity index (χ1) is 4.16. The van der Waals surface area contributed by atoms with Crippen LogP contribution in [-0.4, -0.2) is 24.4 Å². The lowest BCUT2D eigenvalue weighted by Gasteiger charge is -2.05. The molecule has 0 fully saturated rings. The fraction of sp³-hybridized carbons (Fsp3) is 0.800. The molecule has 4 nitrogen and oxygen atoms in total. The van der Waals surface area contributed by atoms with Crippen molar-refractivity contribution in [1.29, 1.82) is 0 Å². The van der Waals surface area contributed by atoms with E-state index in [0.29, 0.717) is 0 Å². The number of ether oxygens (including phenoxy) is 1. The zero-order valence-electron chi connectivity index (χ0n) is 5.33. The number of carbonyl (C=O) groups excluding carboxylic acids is 1. The van der Waals surface area contributed by atoms with Crippen molar-refractivity contribution >= 4 is 6.09 Å². The van der Waals surface area contributed by atoms with E-state index in [1.165, 1.54) is 0 Å². The molecule has 0 radical (unpaired) electrons. The van der Waals surface area contributed by atoms with E-state index in [0.717, 1.165) is 0 Å². The lowest BCUT2D eigenvalue weighted by atomic mass is 10.2. The zero-order chi connectivity index (χ0) is 7.28. The number of carbonyl (C=O) groups is 1. The first-order valence-electron chi connectivity index (χ1n) is 2.70. The minimum absolute atomic E-state index is 0.00722. The van der Waals surface area contributed by atoms with Gasteiger partial charge in [0.1, 0.15) is 0 Å². The summed E-state index contributed by atoms with van der Waals surface area (Å²) < 4.78 is 4.37. The van der Waals surface area contributed by atoms with Crippen LogP contribution >= 0.6 is 0 Å². The summed E-state index contributed by atoms with van der Waals surface area (Å²) in [7, 11) is 0. The normalized spacial score (nSPS) is 12.7. The van der Waals surface area contributed by atoms with E-state index in [4.69, 9.17) is 5.11 Å². The van der Waals surface area contributed by atoms with E-state index in [1.54, 1.807) is 6.92 Å². The number of aliphatic hydroxyl groups is 1. The molecule has 0 spiro atoms. The van der Waals surface area contributed by atoms with Gasteiger partial charge in [-0.15, -0.1) is 0 Å². The van der Waals surface area contributed by atoms with E-state index < -0.39 is 6.09 Å². The molecule has 54 valence electrons. The number of rotatable bonds is 3. The second-order valence-electron chi connectivity index (χ2n) is 1.92. The molecular formula is C5H11NO3. The topological polar surface area (TPSA) is 72.6 Å². The van der Waals surface area contributed by atoms with Gasteiger partial charge in [0.2, 0.25) is 0 Å². The average Bonchev–Trinajstić information content (AvgIpc) is 1.83. The van der Waals surface area contributed by atoms with Crippen molar-refractivity contribution in [3.05, 3.63) is 0 Å². The van der Waals surface area contributed by atoms with Crippen LogP contribution in [0.4, 0.5) is 4.79 Å². The molecule has 0 saturated heterocycles. The van der Waals surface area contributed by atoms with Crippen LogP contribution in [0.15, 0.2) is 0 Å². The Morgan fingerprint density at radius 3 is 2.78 bits per heavy atom. The number of aliphatic hydroxyl groups excluding tert-OH is 1. The minimum Gasteiger partial charge on any atom is -0.449 e. The van der Waals surface area contributed by atoms with Crippen LogP contribution in [0.25, 0.3) is 0 Å². The molecule has 0 aromatic rings. The van der Waals surface area contributed by atoms with Gasteiger partial charge in [-0.3, -0.25) is 0 Å². The molecule has 0 aromatic heterocycles. The standard InChI is InChI=1S/C5H11NO3/c1-4(2-7)3-9-5(6)8/h4,7H,2-3H2,1H3,(H2,6,8)/t4-/m1/s1. The van der Waals surface area contributed by atoms with Crippen LogP contribution in [-0.2, 0) is 4.74 Å². The molecule has 1 amide bonds. The second kappa shape index (κ2) is 4.14. The summed E-state index contributed by atoms with van der Waals surface area (Å²) in [5.74, 6) is -0.0301. The Morgan fingerprint density at radius 2 is 2.44 bits per heavy atom. The van der Waals surface area contributed by atoms with Gasteiger partial charge in [0.15, 0.2) is 0 Å².